The fraction of sp³-hybridized carbons (Fsp3) is 0.677. The lowest BCUT2D eigenvalue weighted by Crippen LogP contribution is -2.48. The lowest BCUT2D eigenvalue weighted by molar-refractivity contribution is -0.139. The highest BCUT2D eigenvalue weighted by Gasteiger charge is 2.40. The Morgan fingerprint density at radius 1 is 1.16 bits per heavy atom. The van der Waals surface area contributed by atoms with E-state index in [1.54, 1.807) is 4.90 Å². The van der Waals surface area contributed by atoms with Gasteiger partial charge in [-0.25, -0.2) is 4.79 Å². The number of benzene rings is 1. The van der Waals surface area contributed by atoms with Gasteiger partial charge in [0.25, 0.3) is 0 Å². The summed E-state index contributed by atoms with van der Waals surface area (Å²) in [7, 11) is 1.81. The third-order valence-corrected chi connectivity index (χ3v) is 8.24. The van der Waals surface area contributed by atoms with Crippen LogP contribution < -0.4 is 0 Å². The Labute approximate surface area is 223 Å². The molecule has 0 saturated heterocycles. The molecule has 1 N–H and O–H groups in total. The van der Waals surface area contributed by atoms with Gasteiger partial charge < -0.3 is 19.6 Å². The number of nitrogens with zero attached hydrogens (tertiary/aromatic N) is 2. The molecule has 1 heterocycles. The molecule has 0 bridgehead atoms. The third kappa shape index (κ3) is 6.39. The van der Waals surface area contributed by atoms with Crippen LogP contribution in [0, 0.1) is 17.8 Å². The smallest absolute Gasteiger partial charge is 0.410 e. The molecule has 1 aromatic rings. The van der Waals surface area contributed by atoms with E-state index in [0.717, 1.165) is 57.1 Å². The Hall–Kier alpha value is -2.34. The van der Waals surface area contributed by atoms with E-state index in [1.165, 1.54) is 22.3 Å². The molecule has 1 aliphatic heterocycles. The molecular weight excluding hydrogens is 464 g/mol. The van der Waals surface area contributed by atoms with E-state index in [1.807, 2.05) is 33.9 Å². The summed E-state index contributed by atoms with van der Waals surface area (Å²) in [5, 5.41) is 9.64. The maximum Gasteiger partial charge on any atom is 0.410 e. The highest BCUT2D eigenvalue weighted by Crippen LogP contribution is 2.44. The van der Waals surface area contributed by atoms with Crippen molar-refractivity contribution in [2.45, 2.75) is 97.8 Å². The molecule has 204 valence electrons. The molecule has 1 atom stereocenters. The fourth-order valence-electron chi connectivity index (χ4n) is 6.44. The van der Waals surface area contributed by atoms with Crippen molar-refractivity contribution in [2.75, 3.05) is 20.1 Å². The summed E-state index contributed by atoms with van der Waals surface area (Å²) in [6.07, 6.45) is 6.25. The van der Waals surface area contributed by atoms with Crippen LogP contribution in [0.1, 0.15) is 89.8 Å². The zero-order valence-corrected chi connectivity index (χ0v) is 23.7. The van der Waals surface area contributed by atoms with Gasteiger partial charge in [-0.1, -0.05) is 26.0 Å². The highest BCUT2D eigenvalue weighted by molar-refractivity contribution is 5.84. The van der Waals surface area contributed by atoms with Crippen LogP contribution in [0.25, 0.3) is 5.57 Å². The normalized spacial score (nSPS) is 23.7. The molecule has 3 aliphatic rings. The van der Waals surface area contributed by atoms with Gasteiger partial charge in [0.15, 0.2) is 0 Å². The van der Waals surface area contributed by atoms with Crippen molar-refractivity contribution in [1.82, 2.24) is 9.80 Å². The number of amides is 2. The molecule has 6 nitrogen and oxygen atoms in total. The van der Waals surface area contributed by atoms with Gasteiger partial charge in [-0.3, -0.25) is 4.79 Å². The molecule has 0 radical (unpaired) electrons. The van der Waals surface area contributed by atoms with Gasteiger partial charge in [-0.05, 0) is 111 Å². The van der Waals surface area contributed by atoms with Crippen LogP contribution in [0.15, 0.2) is 23.8 Å². The van der Waals surface area contributed by atoms with E-state index in [4.69, 9.17) is 4.74 Å². The fourth-order valence-corrected chi connectivity index (χ4v) is 6.44. The van der Waals surface area contributed by atoms with Crippen LogP contribution >= 0.6 is 0 Å². The van der Waals surface area contributed by atoms with E-state index in [-0.39, 0.29) is 24.7 Å². The summed E-state index contributed by atoms with van der Waals surface area (Å²) in [5.41, 5.74) is 5.92. The molecule has 6 heteroatoms. The Bertz CT molecular complexity index is 1030. The summed E-state index contributed by atoms with van der Waals surface area (Å²) in [6, 6.07) is 6.50. The average molecular weight is 511 g/mol. The Morgan fingerprint density at radius 2 is 1.86 bits per heavy atom. The van der Waals surface area contributed by atoms with Crippen LogP contribution in [0.2, 0.25) is 0 Å². The first-order valence-electron chi connectivity index (χ1n) is 14.2. The molecule has 0 spiro atoms. The molecule has 1 aromatic carbocycles. The van der Waals surface area contributed by atoms with Crippen molar-refractivity contribution in [3.05, 3.63) is 40.5 Å². The average Bonchev–Trinajstić information content (AvgIpc) is 3.21. The van der Waals surface area contributed by atoms with E-state index >= 15 is 0 Å². The first-order chi connectivity index (χ1) is 17.5. The summed E-state index contributed by atoms with van der Waals surface area (Å²) in [5.74, 6) is 1.31. The lowest BCUT2D eigenvalue weighted by Gasteiger charge is -2.41. The molecule has 4 rings (SSSR count). The van der Waals surface area contributed by atoms with Gasteiger partial charge in [0.05, 0.1) is 12.6 Å². The monoisotopic (exact) mass is 510 g/mol. The Kier molecular flexibility index (Phi) is 8.37. The summed E-state index contributed by atoms with van der Waals surface area (Å²) in [4.78, 5) is 30.2. The van der Waals surface area contributed by atoms with Crippen molar-refractivity contribution in [3.8, 4) is 0 Å². The highest BCUT2D eigenvalue weighted by atomic mass is 16.6. The maximum atomic E-state index is 13.9. The number of aliphatic hydroxyl groups excluding tert-OH is 1. The minimum Gasteiger partial charge on any atom is -0.444 e. The molecular formula is C31H46N2O4. The second-order valence-corrected chi connectivity index (χ2v) is 12.8. The van der Waals surface area contributed by atoms with Crippen molar-refractivity contribution >= 4 is 17.6 Å². The molecule has 2 amide bonds. The second-order valence-electron chi connectivity index (χ2n) is 12.8. The largest absolute Gasteiger partial charge is 0.444 e. The summed E-state index contributed by atoms with van der Waals surface area (Å²) in [6.45, 7) is 11.7. The lowest BCUT2D eigenvalue weighted by atomic mass is 9.80. The number of hydrogen-bond donors (Lipinski definition) is 1. The minimum absolute atomic E-state index is 0.0617. The second kappa shape index (κ2) is 11.2. The van der Waals surface area contributed by atoms with Crippen molar-refractivity contribution < 1.29 is 19.4 Å². The number of carbonyl (C=O) groups excluding carboxylic acids is 2. The van der Waals surface area contributed by atoms with Gasteiger partial charge in [0, 0.05) is 26.1 Å². The number of hydrogen-bond acceptors (Lipinski definition) is 4. The van der Waals surface area contributed by atoms with Crippen molar-refractivity contribution in [3.63, 3.8) is 0 Å². The number of carbonyl (C=O) groups is 2. The number of fused-ring (bicyclic) bond motifs is 2. The molecule has 1 saturated carbocycles. The quantitative estimate of drug-likeness (QED) is 0.524. The van der Waals surface area contributed by atoms with Crippen molar-refractivity contribution in [1.29, 1.82) is 0 Å². The SMILES string of the molecule is CC(C)CC1C2=C(CCN1C(=O)C1CCC(CN(C)C(=O)OC(C)(C)C)CC1)c1cc(CO)ccc1C2. The van der Waals surface area contributed by atoms with E-state index < -0.39 is 5.60 Å². The third-order valence-electron chi connectivity index (χ3n) is 8.24. The van der Waals surface area contributed by atoms with E-state index in [9.17, 15) is 14.7 Å². The zero-order chi connectivity index (χ0) is 26.9. The van der Waals surface area contributed by atoms with E-state index in [0.29, 0.717) is 24.3 Å². The standard InChI is InChI=1S/C31H46N2O4/c1-20(2)15-28-27-17-24-12-9-22(19-34)16-26(24)25(27)13-14-33(28)29(35)23-10-7-21(8-11-23)18-32(6)30(36)37-31(3,4)5/h9,12,16,20-21,23,28,34H,7-8,10-11,13-15,17-19H2,1-6H3. The molecule has 2 aliphatic carbocycles. The zero-order valence-electron chi connectivity index (χ0n) is 23.7. The van der Waals surface area contributed by atoms with Gasteiger partial charge in [-0.15, -0.1) is 0 Å². The van der Waals surface area contributed by atoms with Gasteiger partial charge in [-0.2, -0.15) is 0 Å². The minimum atomic E-state index is -0.493. The van der Waals surface area contributed by atoms with Crippen LogP contribution in [-0.4, -0.2) is 58.7 Å². The predicted octanol–water partition coefficient (Wildman–Crippen LogP) is 5.81. The molecule has 1 fully saturated rings. The van der Waals surface area contributed by atoms with Crippen LogP contribution in [0.3, 0.4) is 0 Å². The van der Waals surface area contributed by atoms with Crippen LogP contribution in [0.5, 0.6) is 0 Å². The maximum absolute atomic E-state index is 13.9. The Balaban J connectivity index is 1.40. The number of rotatable bonds is 6. The number of ether oxygens (including phenoxy) is 1. The van der Waals surface area contributed by atoms with Crippen molar-refractivity contribution in [2.24, 2.45) is 17.8 Å². The molecule has 1 unspecified atom stereocenters. The Morgan fingerprint density at radius 3 is 2.49 bits per heavy atom. The van der Waals surface area contributed by atoms with Gasteiger partial charge >= 0.3 is 6.09 Å². The first kappa shape index (κ1) is 27.7. The summed E-state index contributed by atoms with van der Waals surface area (Å²) >= 11 is 0. The first-order valence-corrected chi connectivity index (χ1v) is 14.2. The summed E-state index contributed by atoms with van der Waals surface area (Å²) < 4.78 is 5.50. The molecule has 0 aromatic heterocycles. The van der Waals surface area contributed by atoms with Crippen LogP contribution in [0.4, 0.5) is 4.79 Å². The van der Waals surface area contributed by atoms with Crippen LogP contribution in [-0.2, 0) is 22.6 Å². The van der Waals surface area contributed by atoms with Gasteiger partial charge in [0.1, 0.15) is 5.60 Å². The van der Waals surface area contributed by atoms with E-state index in [2.05, 4.69) is 30.9 Å². The number of aliphatic hydroxyl groups is 1. The topological polar surface area (TPSA) is 70.1 Å². The van der Waals surface area contributed by atoms with Gasteiger partial charge in [0.2, 0.25) is 5.91 Å². The molecule has 37 heavy (non-hydrogen) atoms. The predicted molar refractivity (Wildman–Crippen MR) is 147 cm³/mol.